The summed E-state index contributed by atoms with van der Waals surface area (Å²) in [6.45, 7) is 10.5. The zero-order chi connectivity index (χ0) is 21.8. The maximum Gasteiger partial charge on any atom is 0.213 e. The fraction of sp³-hybridized carbons (Fsp3) is 0.500. The molecule has 4 rings (SSSR count). The molecule has 1 aliphatic heterocycles. The van der Waals surface area contributed by atoms with Crippen LogP contribution in [-0.4, -0.2) is 48.4 Å². The van der Waals surface area contributed by atoms with Crippen LogP contribution in [0.25, 0.3) is 22.2 Å². The van der Waals surface area contributed by atoms with Crippen LogP contribution >= 0.6 is 0 Å². The van der Waals surface area contributed by atoms with E-state index in [1.165, 1.54) is 40.6 Å². The summed E-state index contributed by atoms with van der Waals surface area (Å²) in [5.74, 6) is 1.67. The summed E-state index contributed by atoms with van der Waals surface area (Å²) in [6.07, 6.45) is 5.28. The molecule has 1 aromatic carbocycles. The Morgan fingerprint density at radius 2 is 1.97 bits per heavy atom. The third-order valence-corrected chi connectivity index (χ3v) is 6.35. The first-order chi connectivity index (χ1) is 15.1. The molecule has 0 amide bonds. The minimum atomic E-state index is 0.413. The SMILES string of the molecule is CCCOCN1CCC(c2ccc3[nH]c(-c4ccnc(OC)c4)c(C(C)C)c3c2)CC1. The molecule has 1 fully saturated rings. The van der Waals surface area contributed by atoms with Gasteiger partial charge in [-0.1, -0.05) is 26.8 Å². The van der Waals surface area contributed by atoms with E-state index < -0.39 is 0 Å². The largest absolute Gasteiger partial charge is 0.481 e. The molecule has 0 atom stereocenters. The van der Waals surface area contributed by atoms with Crippen molar-refractivity contribution in [2.24, 2.45) is 0 Å². The van der Waals surface area contributed by atoms with Crippen LogP contribution in [-0.2, 0) is 4.74 Å². The number of piperidine rings is 1. The number of pyridine rings is 1. The zero-order valence-electron chi connectivity index (χ0n) is 19.3. The van der Waals surface area contributed by atoms with E-state index in [2.05, 4.69) is 59.9 Å². The van der Waals surface area contributed by atoms with Gasteiger partial charge in [0.25, 0.3) is 0 Å². The maximum atomic E-state index is 5.73. The first-order valence-corrected chi connectivity index (χ1v) is 11.6. The lowest BCUT2D eigenvalue weighted by Gasteiger charge is -2.32. The van der Waals surface area contributed by atoms with Gasteiger partial charge in [0.15, 0.2) is 0 Å². The molecule has 0 saturated carbocycles. The topological polar surface area (TPSA) is 50.4 Å². The highest BCUT2D eigenvalue weighted by Crippen LogP contribution is 2.38. The van der Waals surface area contributed by atoms with Crippen molar-refractivity contribution >= 4 is 10.9 Å². The van der Waals surface area contributed by atoms with Gasteiger partial charge in [0.05, 0.1) is 19.5 Å². The van der Waals surface area contributed by atoms with E-state index in [9.17, 15) is 0 Å². The number of ether oxygens (including phenoxy) is 2. The molecule has 0 aliphatic carbocycles. The lowest BCUT2D eigenvalue weighted by molar-refractivity contribution is 0.0164. The molecule has 0 unspecified atom stereocenters. The first-order valence-electron chi connectivity index (χ1n) is 11.6. The fourth-order valence-corrected chi connectivity index (χ4v) is 4.72. The number of nitrogens with zero attached hydrogens (tertiary/aromatic N) is 2. The summed E-state index contributed by atoms with van der Waals surface area (Å²) in [5.41, 5.74) is 6.32. The van der Waals surface area contributed by atoms with Crippen molar-refractivity contribution in [1.82, 2.24) is 14.9 Å². The molecule has 166 valence electrons. The van der Waals surface area contributed by atoms with Crippen LogP contribution in [0.1, 0.15) is 63.0 Å². The molecule has 5 heteroatoms. The van der Waals surface area contributed by atoms with E-state index >= 15 is 0 Å². The highest BCUT2D eigenvalue weighted by molar-refractivity contribution is 5.92. The summed E-state index contributed by atoms with van der Waals surface area (Å²) < 4.78 is 11.1. The third-order valence-electron chi connectivity index (χ3n) is 6.35. The van der Waals surface area contributed by atoms with Crippen LogP contribution in [0.15, 0.2) is 36.5 Å². The summed E-state index contributed by atoms with van der Waals surface area (Å²) in [7, 11) is 1.66. The van der Waals surface area contributed by atoms with Gasteiger partial charge in [0.2, 0.25) is 5.88 Å². The molecule has 0 bridgehead atoms. The molecule has 0 radical (unpaired) electrons. The van der Waals surface area contributed by atoms with Crippen molar-refractivity contribution in [2.75, 3.05) is 33.5 Å². The average molecular weight is 422 g/mol. The van der Waals surface area contributed by atoms with Gasteiger partial charge in [-0.2, -0.15) is 0 Å². The number of aromatic nitrogens is 2. The minimum Gasteiger partial charge on any atom is -0.481 e. The second kappa shape index (κ2) is 9.84. The van der Waals surface area contributed by atoms with Crippen LogP contribution in [0.3, 0.4) is 0 Å². The predicted octanol–water partition coefficient (Wildman–Crippen LogP) is 5.93. The zero-order valence-corrected chi connectivity index (χ0v) is 19.3. The number of rotatable bonds is 8. The van der Waals surface area contributed by atoms with E-state index in [-0.39, 0.29) is 0 Å². The number of hydrogen-bond acceptors (Lipinski definition) is 4. The summed E-state index contributed by atoms with van der Waals surface area (Å²) in [6, 6.07) is 11.1. The second-order valence-electron chi connectivity index (χ2n) is 8.89. The third kappa shape index (κ3) is 4.78. The van der Waals surface area contributed by atoms with Crippen molar-refractivity contribution in [1.29, 1.82) is 0 Å². The number of nitrogens with one attached hydrogen (secondary N) is 1. The van der Waals surface area contributed by atoms with E-state index in [1.807, 2.05) is 12.3 Å². The Bertz CT molecular complexity index is 1000. The molecule has 1 aliphatic rings. The van der Waals surface area contributed by atoms with Gasteiger partial charge in [0, 0.05) is 48.4 Å². The molecule has 5 nitrogen and oxygen atoms in total. The van der Waals surface area contributed by atoms with Gasteiger partial charge in [-0.3, -0.25) is 4.90 Å². The number of benzene rings is 1. The van der Waals surface area contributed by atoms with Gasteiger partial charge < -0.3 is 14.5 Å². The minimum absolute atomic E-state index is 0.413. The summed E-state index contributed by atoms with van der Waals surface area (Å²) in [5, 5.41) is 1.34. The normalized spacial score (nSPS) is 15.8. The Morgan fingerprint density at radius 3 is 2.68 bits per heavy atom. The monoisotopic (exact) mass is 421 g/mol. The highest BCUT2D eigenvalue weighted by atomic mass is 16.5. The van der Waals surface area contributed by atoms with Gasteiger partial charge in [-0.15, -0.1) is 0 Å². The Balaban J connectivity index is 1.60. The van der Waals surface area contributed by atoms with Gasteiger partial charge in [-0.05, 0) is 60.4 Å². The molecule has 3 aromatic rings. The number of likely N-dealkylation sites (tertiary alicyclic amines) is 1. The highest BCUT2D eigenvalue weighted by Gasteiger charge is 2.23. The molecule has 0 spiro atoms. The summed E-state index contributed by atoms with van der Waals surface area (Å²) in [4.78, 5) is 10.4. The lowest BCUT2D eigenvalue weighted by Crippen LogP contribution is -2.34. The quantitative estimate of drug-likeness (QED) is 0.458. The van der Waals surface area contributed by atoms with Gasteiger partial charge >= 0.3 is 0 Å². The van der Waals surface area contributed by atoms with Crippen molar-refractivity contribution in [3.8, 4) is 17.1 Å². The van der Waals surface area contributed by atoms with Crippen molar-refractivity contribution in [3.05, 3.63) is 47.7 Å². The molecular formula is C26H35N3O2. The van der Waals surface area contributed by atoms with E-state index in [0.29, 0.717) is 17.7 Å². The van der Waals surface area contributed by atoms with Crippen LogP contribution in [0.4, 0.5) is 0 Å². The van der Waals surface area contributed by atoms with Crippen LogP contribution in [0.2, 0.25) is 0 Å². The first kappa shape index (κ1) is 21.8. The maximum absolute atomic E-state index is 5.73. The van der Waals surface area contributed by atoms with Crippen LogP contribution in [0.5, 0.6) is 5.88 Å². The Kier molecular flexibility index (Phi) is 6.93. The molecular weight excluding hydrogens is 386 g/mol. The fourth-order valence-electron chi connectivity index (χ4n) is 4.72. The molecule has 31 heavy (non-hydrogen) atoms. The average Bonchev–Trinajstić information content (AvgIpc) is 3.19. The number of fused-ring (bicyclic) bond motifs is 1. The Hall–Kier alpha value is -2.37. The molecule has 2 aromatic heterocycles. The molecule has 1 N–H and O–H groups in total. The van der Waals surface area contributed by atoms with Crippen molar-refractivity contribution < 1.29 is 9.47 Å². The smallest absolute Gasteiger partial charge is 0.213 e. The Morgan fingerprint density at radius 1 is 1.16 bits per heavy atom. The standard InChI is InChI=1S/C26H35N3O2/c1-5-14-31-17-29-12-9-19(10-13-29)20-6-7-23-22(15-20)25(18(2)3)26(28-23)21-8-11-27-24(16-21)30-4/h6-8,11,15-16,18-19,28H,5,9-10,12-14,17H2,1-4H3. The number of hydrogen-bond donors (Lipinski definition) is 1. The van der Waals surface area contributed by atoms with E-state index in [0.717, 1.165) is 38.4 Å². The predicted molar refractivity (Wildman–Crippen MR) is 127 cm³/mol. The number of methoxy groups -OCH3 is 1. The molecule has 1 saturated heterocycles. The number of H-pyrrole nitrogens is 1. The number of aromatic amines is 1. The Labute approximate surface area is 185 Å². The lowest BCUT2D eigenvalue weighted by atomic mass is 9.87. The van der Waals surface area contributed by atoms with Crippen molar-refractivity contribution in [2.45, 2.75) is 51.9 Å². The van der Waals surface area contributed by atoms with Gasteiger partial charge in [0.1, 0.15) is 0 Å². The van der Waals surface area contributed by atoms with Crippen LogP contribution in [0, 0.1) is 0 Å². The van der Waals surface area contributed by atoms with E-state index in [1.54, 1.807) is 7.11 Å². The van der Waals surface area contributed by atoms with Gasteiger partial charge in [-0.25, -0.2) is 4.98 Å². The second-order valence-corrected chi connectivity index (χ2v) is 8.89. The molecule has 3 heterocycles. The summed E-state index contributed by atoms with van der Waals surface area (Å²) >= 11 is 0. The van der Waals surface area contributed by atoms with E-state index in [4.69, 9.17) is 9.47 Å². The van der Waals surface area contributed by atoms with Crippen molar-refractivity contribution in [3.63, 3.8) is 0 Å². The van der Waals surface area contributed by atoms with Crippen LogP contribution < -0.4 is 4.74 Å².